The number of hydrazone groups is 1. The van der Waals surface area contributed by atoms with E-state index in [0.717, 1.165) is 44.9 Å². The monoisotopic (exact) mass is 470 g/mol. The number of thioether (sulfide) groups is 1. The van der Waals surface area contributed by atoms with Crippen molar-refractivity contribution in [1.82, 2.24) is 10.3 Å². The number of thiophene rings is 1. The van der Waals surface area contributed by atoms with Crippen LogP contribution in [0, 0.1) is 5.92 Å². The third kappa shape index (κ3) is 3.88. The molecule has 1 N–H and O–H groups in total. The molecule has 1 fully saturated rings. The number of hydrogen-bond acceptors (Lipinski definition) is 8. The fourth-order valence-corrected chi connectivity index (χ4v) is 7.02. The van der Waals surface area contributed by atoms with Crippen LogP contribution >= 0.6 is 23.1 Å². The zero-order valence-corrected chi connectivity index (χ0v) is 19.8. The van der Waals surface area contributed by atoms with Crippen LogP contribution in [-0.4, -0.2) is 60.8 Å². The lowest BCUT2D eigenvalue weighted by atomic mass is 9.92. The molecule has 2 aromatic rings. The van der Waals surface area contributed by atoms with E-state index in [-0.39, 0.29) is 23.7 Å². The van der Waals surface area contributed by atoms with E-state index in [1.807, 2.05) is 30.0 Å². The quantitative estimate of drug-likeness (QED) is 0.675. The SMILES string of the molecule is CCOc1ccc(N2CCN(C(=O)C3=NNC4c5cc(C(C)=O)sc5SCC34)CC2)cc1. The molecule has 1 saturated heterocycles. The Morgan fingerprint density at radius 3 is 2.62 bits per heavy atom. The molecular weight excluding hydrogens is 444 g/mol. The predicted octanol–water partition coefficient (Wildman–Crippen LogP) is 3.42. The molecule has 2 atom stereocenters. The number of fused-ring (bicyclic) bond motifs is 3. The lowest BCUT2D eigenvalue weighted by molar-refractivity contribution is -0.124. The number of benzene rings is 1. The van der Waals surface area contributed by atoms with Crippen molar-refractivity contribution in [2.75, 3.05) is 43.4 Å². The summed E-state index contributed by atoms with van der Waals surface area (Å²) >= 11 is 3.28. The van der Waals surface area contributed by atoms with Crippen molar-refractivity contribution in [3.05, 3.63) is 40.8 Å². The fourth-order valence-electron chi connectivity index (χ4n) is 4.44. The standard InChI is InChI=1S/C23H26N4O3S2/c1-3-30-16-6-4-15(5-7-16)26-8-10-27(11-9-26)22(29)21-18-13-31-23-17(20(18)24-25-21)12-19(32-23)14(2)28/h4-7,12,18,20,24H,3,8-11,13H2,1-2H3. The van der Waals surface area contributed by atoms with E-state index in [1.165, 1.54) is 0 Å². The van der Waals surface area contributed by atoms with Crippen LogP contribution in [0.5, 0.6) is 5.75 Å². The number of amides is 1. The second kappa shape index (κ2) is 8.78. The van der Waals surface area contributed by atoms with E-state index in [0.29, 0.717) is 25.4 Å². The summed E-state index contributed by atoms with van der Waals surface area (Å²) in [6.07, 6.45) is 0. The number of nitrogens with one attached hydrogen (secondary N) is 1. The summed E-state index contributed by atoms with van der Waals surface area (Å²) in [6, 6.07) is 10.1. The molecule has 0 radical (unpaired) electrons. The molecule has 9 heteroatoms. The Bertz CT molecular complexity index is 1060. The summed E-state index contributed by atoms with van der Waals surface area (Å²) in [5.41, 5.74) is 6.06. The number of ketones is 1. The fraction of sp³-hybridized carbons (Fsp3) is 0.435. The lowest BCUT2D eigenvalue weighted by Gasteiger charge is -2.36. The smallest absolute Gasteiger partial charge is 0.270 e. The van der Waals surface area contributed by atoms with E-state index in [9.17, 15) is 9.59 Å². The molecule has 3 aliphatic rings. The summed E-state index contributed by atoms with van der Waals surface area (Å²) in [5, 5.41) is 4.47. The molecule has 1 aromatic heterocycles. The molecule has 32 heavy (non-hydrogen) atoms. The van der Waals surface area contributed by atoms with Crippen LogP contribution in [0.25, 0.3) is 0 Å². The maximum atomic E-state index is 13.3. The van der Waals surface area contributed by atoms with Crippen LogP contribution < -0.4 is 15.1 Å². The van der Waals surface area contributed by atoms with E-state index < -0.39 is 0 Å². The first-order valence-corrected chi connectivity index (χ1v) is 12.7. The number of piperazine rings is 1. The minimum absolute atomic E-state index is 0.0142. The van der Waals surface area contributed by atoms with Gasteiger partial charge in [-0.1, -0.05) is 0 Å². The molecule has 168 valence electrons. The molecule has 4 heterocycles. The summed E-state index contributed by atoms with van der Waals surface area (Å²) in [7, 11) is 0. The predicted molar refractivity (Wildman–Crippen MR) is 128 cm³/mol. The first kappa shape index (κ1) is 21.3. The highest BCUT2D eigenvalue weighted by atomic mass is 32.2. The first-order chi connectivity index (χ1) is 15.5. The van der Waals surface area contributed by atoms with Crippen LogP contribution in [0.2, 0.25) is 0 Å². The largest absolute Gasteiger partial charge is 0.494 e. The van der Waals surface area contributed by atoms with Gasteiger partial charge in [-0.3, -0.25) is 9.59 Å². The molecule has 1 amide bonds. The number of Topliss-reactive ketones (excluding diaryl/α,β-unsaturated/α-hetero) is 1. The zero-order chi connectivity index (χ0) is 22.2. The first-order valence-electron chi connectivity index (χ1n) is 10.9. The third-order valence-electron chi connectivity index (χ3n) is 6.18. The number of rotatable bonds is 5. The van der Waals surface area contributed by atoms with Crippen LogP contribution in [0.1, 0.15) is 35.1 Å². The molecule has 3 aliphatic heterocycles. The number of anilines is 1. The van der Waals surface area contributed by atoms with Gasteiger partial charge in [0.1, 0.15) is 11.5 Å². The Morgan fingerprint density at radius 2 is 1.94 bits per heavy atom. The Balaban J connectivity index is 1.22. The van der Waals surface area contributed by atoms with Crippen molar-refractivity contribution < 1.29 is 14.3 Å². The van der Waals surface area contributed by atoms with Gasteiger partial charge in [0.15, 0.2) is 5.78 Å². The average Bonchev–Trinajstić information content (AvgIpc) is 3.44. The minimum Gasteiger partial charge on any atom is -0.494 e. The van der Waals surface area contributed by atoms with Crippen molar-refractivity contribution in [1.29, 1.82) is 0 Å². The van der Waals surface area contributed by atoms with E-state index in [2.05, 4.69) is 27.6 Å². The van der Waals surface area contributed by atoms with Crippen molar-refractivity contribution in [2.24, 2.45) is 11.0 Å². The van der Waals surface area contributed by atoms with Gasteiger partial charge in [0.05, 0.1) is 21.7 Å². The zero-order valence-electron chi connectivity index (χ0n) is 18.2. The Kier molecular flexibility index (Phi) is 5.86. The third-order valence-corrected chi connectivity index (χ3v) is 8.85. The molecule has 0 aliphatic carbocycles. The topological polar surface area (TPSA) is 74.2 Å². The molecule has 2 unspecified atom stereocenters. The number of nitrogens with zero attached hydrogens (tertiary/aromatic N) is 3. The number of ether oxygens (including phenoxy) is 1. The average molecular weight is 471 g/mol. The summed E-state index contributed by atoms with van der Waals surface area (Å²) in [6.45, 7) is 7.16. The van der Waals surface area contributed by atoms with Gasteiger partial charge in [-0.05, 0) is 44.2 Å². The molecule has 1 aromatic carbocycles. The Labute approximate surface area is 195 Å². The van der Waals surface area contributed by atoms with Crippen LogP contribution in [0.4, 0.5) is 5.69 Å². The van der Waals surface area contributed by atoms with Gasteiger partial charge in [-0.2, -0.15) is 5.10 Å². The van der Waals surface area contributed by atoms with Gasteiger partial charge in [0, 0.05) is 49.1 Å². The highest BCUT2D eigenvalue weighted by Gasteiger charge is 2.43. The minimum atomic E-state index is -0.0142. The highest BCUT2D eigenvalue weighted by Crippen LogP contribution is 2.46. The van der Waals surface area contributed by atoms with E-state index >= 15 is 0 Å². The highest BCUT2D eigenvalue weighted by molar-refractivity contribution is 8.01. The van der Waals surface area contributed by atoms with Crippen molar-refractivity contribution in [3.63, 3.8) is 0 Å². The summed E-state index contributed by atoms with van der Waals surface area (Å²) in [4.78, 5) is 30.1. The van der Waals surface area contributed by atoms with E-state index in [4.69, 9.17) is 4.74 Å². The molecular formula is C23H26N4O3S2. The second-order valence-electron chi connectivity index (χ2n) is 8.14. The van der Waals surface area contributed by atoms with Gasteiger partial charge in [-0.25, -0.2) is 0 Å². The normalized spacial score (nSPS) is 22.0. The summed E-state index contributed by atoms with van der Waals surface area (Å²) in [5.74, 6) is 1.84. The molecule has 0 saturated carbocycles. The Hall–Kier alpha value is -2.52. The van der Waals surface area contributed by atoms with Gasteiger partial charge in [-0.15, -0.1) is 23.1 Å². The maximum absolute atomic E-state index is 13.3. The van der Waals surface area contributed by atoms with Crippen LogP contribution in [-0.2, 0) is 4.79 Å². The van der Waals surface area contributed by atoms with Crippen LogP contribution in [0.15, 0.2) is 39.6 Å². The maximum Gasteiger partial charge on any atom is 0.270 e. The number of carbonyl (C=O) groups excluding carboxylic acids is 2. The number of carbonyl (C=O) groups is 2. The number of hydrogen-bond donors (Lipinski definition) is 1. The van der Waals surface area contributed by atoms with Gasteiger partial charge >= 0.3 is 0 Å². The van der Waals surface area contributed by atoms with Gasteiger partial charge in [0.2, 0.25) is 0 Å². The molecule has 0 spiro atoms. The Morgan fingerprint density at radius 1 is 1.19 bits per heavy atom. The van der Waals surface area contributed by atoms with Crippen LogP contribution in [0.3, 0.4) is 0 Å². The summed E-state index contributed by atoms with van der Waals surface area (Å²) < 4.78 is 6.69. The van der Waals surface area contributed by atoms with Gasteiger partial charge in [0.25, 0.3) is 5.91 Å². The van der Waals surface area contributed by atoms with Gasteiger partial charge < -0.3 is 20.0 Å². The van der Waals surface area contributed by atoms with Crippen molar-refractivity contribution in [2.45, 2.75) is 24.1 Å². The lowest BCUT2D eigenvalue weighted by Crippen LogP contribution is -2.51. The van der Waals surface area contributed by atoms with E-state index in [1.54, 1.807) is 30.0 Å². The molecule has 0 bridgehead atoms. The molecule has 5 rings (SSSR count). The van der Waals surface area contributed by atoms with Crippen molar-refractivity contribution >= 4 is 46.2 Å². The van der Waals surface area contributed by atoms with Crippen molar-refractivity contribution in [3.8, 4) is 5.75 Å². The molecule has 7 nitrogen and oxygen atoms in total. The second-order valence-corrected chi connectivity index (χ2v) is 10.5.